The molecular weight excluding hydrogens is 346 g/mol. The van der Waals surface area contributed by atoms with Crippen molar-refractivity contribution >= 4 is 17.6 Å². The van der Waals surface area contributed by atoms with Crippen LogP contribution in [0.15, 0.2) is 35.2 Å². The summed E-state index contributed by atoms with van der Waals surface area (Å²) in [6, 6.07) is 3.38. The zero-order valence-corrected chi connectivity index (χ0v) is 15.7. The third kappa shape index (κ3) is 4.84. The molecule has 0 aliphatic carbocycles. The number of rotatable bonds is 6. The number of hydrogen-bond acceptors (Lipinski definition) is 6. The molecule has 3 rings (SSSR count). The predicted molar refractivity (Wildman–Crippen MR) is 101 cm³/mol. The summed E-state index contributed by atoms with van der Waals surface area (Å²) in [6.07, 6.45) is 5.54. The molecule has 0 bridgehead atoms. The van der Waals surface area contributed by atoms with Gasteiger partial charge in [0.15, 0.2) is 5.76 Å². The van der Waals surface area contributed by atoms with Crippen molar-refractivity contribution in [3.63, 3.8) is 0 Å². The second kappa shape index (κ2) is 8.66. The van der Waals surface area contributed by atoms with Gasteiger partial charge in [-0.15, -0.1) is 0 Å². The Morgan fingerprint density at radius 3 is 2.56 bits per heavy atom. The first-order chi connectivity index (χ1) is 13.0. The van der Waals surface area contributed by atoms with E-state index in [0.717, 1.165) is 6.42 Å². The van der Waals surface area contributed by atoms with Crippen LogP contribution in [0.4, 0.5) is 5.82 Å². The minimum absolute atomic E-state index is 0.0980. The summed E-state index contributed by atoms with van der Waals surface area (Å²) in [5.41, 5.74) is 0.314. The fourth-order valence-corrected chi connectivity index (χ4v) is 2.86. The van der Waals surface area contributed by atoms with E-state index < -0.39 is 0 Å². The Morgan fingerprint density at radius 1 is 1.19 bits per heavy atom. The molecule has 2 amide bonds. The lowest BCUT2D eigenvalue weighted by atomic mass is 10.1. The lowest BCUT2D eigenvalue weighted by Crippen LogP contribution is -2.49. The molecule has 0 unspecified atom stereocenters. The molecule has 1 aliphatic rings. The highest BCUT2D eigenvalue weighted by Gasteiger charge is 2.24. The number of nitrogens with zero attached hydrogens (tertiary/aromatic N) is 4. The number of aromatic nitrogens is 2. The SMILES string of the molecule is CC(C)CCNC(=O)c1cnc(N2CCN(C(=O)c3ccco3)CC2)cn1. The van der Waals surface area contributed by atoms with Crippen LogP contribution in [0.1, 0.15) is 41.3 Å². The summed E-state index contributed by atoms with van der Waals surface area (Å²) >= 11 is 0. The zero-order chi connectivity index (χ0) is 19.2. The number of nitrogens with one attached hydrogen (secondary N) is 1. The number of carbonyl (C=O) groups excluding carboxylic acids is 2. The molecule has 0 aromatic carbocycles. The van der Waals surface area contributed by atoms with Crippen molar-refractivity contribution in [2.75, 3.05) is 37.6 Å². The molecule has 27 heavy (non-hydrogen) atoms. The fraction of sp³-hybridized carbons (Fsp3) is 0.474. The highest BCUT2D eigenvalue weighted by molar-refractivity contribution is 5.92. The monoisotopic (exact) mass is 371 g/mol. The number of carbonyl (C=O) groups is 2. The normalized spacial score (nSPS) is 14.5. The maximum Gasteiger partial charge on any atom is 0.289 e. The van der Waals surface area contributed by atoms with Gasteiger partial charge in [-0.3, -0.25) is 9.59 Å². The van der Waals surface area contributed by atoms with Crippen LogP contribution in [0.25, 0.3) is 0 Å². The van der Waals surface area contributed by atoms with E-state index in [1.165, 1.54) is 12.5 Å². The summed E-state index contributed by atoms with van der Waals surface area (Å²) in [6.45, 7) is 7.33. The van der Waals surface area contributed by atoms with Gasteiger partial charge in [0.25, 0.3) is 11.8 Å². The van der Waals surface area contributed by atoms with Crippen LogP contribution in [-0.4, -0.2) is 59.4 Å². The molecular formula is C19H25N5O3. The molecule has 2 aromatic rings. The second-order valence-corrected chi connectivity index (χ2v) is 6.95. The van der Waals surface area contributed by atoms with Crippen LogP contribution < -0.4 is 10.2 Å². The number of hydrogen-bond donors (Lipinski definition) is 1. The maximum absolute atomic E-state index is 12.3. The average Bonchev–Trinajstić information content (AvgIpc) is 3.22. The van der Waals surface area contributed by atoms with E-state index in [4.69, 9.17) is 4.42 Å². The summed E-state index contributed by atoms with van der Waals surface area (Å²) in [5.74, 6) is 1.30. The van der Waals surface area contributed by atoms with Gasteiger partial charge < -0.3 is 19.5 Å². The van der Waals surface area contributed by atoms with Gasteiger partial charge in [-0.05, 0) is 24.5 Å². The molecule has 1 saturated heterocycles. The van der Waals surface area contributed by atoms with Gasteiger partial charge in [-0.2, -0.15) is 0 Å². The van der Waals surface area contributed by atoms with Crippen LogP contribution in [0, 0.1) is 5.92 Å². The summed E-state index contributed by atoms with van der Waals surface area (Å²) in [4.78, 5) is 36.8. The van der Waals surface area contributed by atoms with E-state index in [9.17, 15) is 9.59 Å². The maximum atomic E-state index is 12.3. The first-order valence-electron chi connectivity index (χ1n) is 9.22. The Morgan fingerprint density at radius 2 is 1.96 bits per heavy atom. The third-order valence-electron chi connectivity index (χ3n) is 4.50. The molecule has 144 valence electrons. The van der Waals surface area contributed by atoms with Crippen LogP contribution in [0.5, 0.6) is 0 Å². The van der Waals surface area contributed by atoms with E-state index in [1.807, 2.05) is 0 Å². The fourth-order valence-electron chi connectivity index (χ4n) is 2.86. The highest BCUT2D eigenvalue weighted by atomic mass is 16.3. The van der Waals surface area contributed by atoms with Gasteiger partial charge in [0, 0.05) is 32.7 Å². The molecule has 0 spiro atoms. The molecule has 3 heterocycles. The molecule has 0 saturated carbocycles. The molecule has 1 N–H and O–H groups in total. The molecule has 2 aromatic heterocycles. The smallest absolute Gasteiger partial charge is 0.289 e. The van der Waals surface area contributed by atoms with Gasteiger partial charge in [-0.25, -0.2) is 9.97 Å². The Kier molecular flexibility index (Phi) is 6.05. The Balaban J connectivity index is 1.51. The van der Waals surface area contributed by atoms with Crippen LogP contribution in [0.2, 0.25) is 0 Å². The summed E-state index contributed by atoms with van der Waals surface area (Å²) in [7, 11) is 0. The quantitative estimate of drug-likeness (QED) is 0.833. The minimum Gasteiger partial charge on any atom is -0.459 e. The number of amides is 2. The second-order valence-electron chi connectivity index (χ2n) is 6.95. The molecule has 1 fully saturated rings. The van der Waals surface area contributed by atoms with Crippen molar-refractivity contribution in [1.82, 2.24) is 20.2 Å². The van der Waals surface area contributed by atoms with Crippen molar-refractivity contribution in [3.05, 3.63) is 42.2 Å². The van der Waals surface area contributed by atoms with Gasteiger partial charge in [0.05, 0.1) is 18.7 Å². The Labute approximate surface area is 158 Å². The topological polar surface area (TPSA) is 91.6 Å². The molecule has 0 radical (unpaired) electrons. The highest BCUT2D eigenvalue weighted by Crippen LogP contribution is 2.14. The summed E-state index contributed by atoms with van der Waals surface area (Å²) < 4.78 is 5.17. The van der Waals surface area contributed by atoms with Gasteiger partial charge in [-0.1, -0.05) is 13.8 Å². The van der Waals surface area contributed by atoms with Crippen LogP contribution in [0.3, 0.4) is 0 Å². The Bertz CT molecular complexity index is 750. The predicted octanol–water partition coefficient (Wildman–Crippen LogP) is 1.81. The van der Waals surface area contributed by atoms with E-state index >= 15 is 0 Å². The molecule has 8 nitrogen and oxygen atoms in total. The number of piperazine rings is 1. The van der Waals surface area contributed by atoms with Crippen molar-refractivity contribution in [2.45, 2.75) is 20.3 Å². The van der Waals surface area contributed by atoms with Crippen molar-refractivity contribution in [2.24, 2.45) is 5.92 Å². The molecule has 8 heteroatoms. The van der Waals surface area contributed by atoms with Crippen molar-refractivity contribution in [3.8, 4) is 0 Å². The van der Waals surface area contributed by atoms with Crippen molar-refractivity contribution < 1.29 is 14.0 Å². The first kappa shape index (κ1) is 18.9. The largest absolute Gasteiger partial charge is 0.459 e. The Hall–Kier alpha value is -2.90. The van der Waals surface area contributed by atoms with E-state index in [0.29, 0.717) is 55.9 Å². The third-order valence-corrected chi connectivity index (χ3v) is 4.50. The lowest BCUT2D eigenvalue weighted by molar-refractivity contribution is 0.0714. The van der Waals surface area contributed by atoms with Crippen molar-refractivity contribution in [1.29, 1.82) is 0 Å². The van der Waals surface area contributed by atoms with Gasteiger partial charge >= 0.3 is 0 Å². The average molecular weight is 371 g/mol. The van der Waals surface area contributed by atoms with E-state index in [-0.39, 0.29) is 11.8 Å². The zero-order valence-electron chi connectivity index (χ0n) is 15.7. The van der Waals surface area contributed by atoms with Crippen LogP contribution in [-0.2, 0) is 0 Å². The van der Waals surface area contributed by atoms with E-state index in [1.54, 1.807) is 23.2 Å². The minimum atomic E-state index is -0.205. The van der Waals surface area contributed by atoms with E-state index in [2.05, 4.69) is 34.0 Å². The lowest BCUT2D eigenvalue weighted by Gasteiger charge is -2.34. The number of furan rings is 1. The van der Waals surface area contributed by atoms with Crippen LogP contribution >= 0.6 is 0 Å². The molecule has 0 atom stereocenters. The first-order valence-corrected chi connectivity index (χ1v) is 9.22. The number of anilines is 1. The molecule has 1 aliphatic heterocycles. The summed E-state index contributed by atoms with van der Waals surface area (Å²) in [5, 5.41) is 2.85. The van der Waals surface area contributed by atoms with Gasteiger partial charge in [0.2, 0.25) is 0 Å². The standard InChI is InChI=1S/C19H25N5O3/c1-14(2)5-6-20-18(25)15-12-22-17(13-21-15)23-7-9-24(10-8-23)19(26)16-4-3-11-27-16/h3-4,11-14H,5-10H2,1-2H3,(H,20,25). The van der Waals surface area contributed by atoms with Gasteiger partial charge in [0.1, 0.15) is 11.5 Å².